The Kier molecular flexibility index (Phi) is 3.79. The van der Waals surface area contributed by atoms with E-state index in [9.17, 15) is 13.6 Å². The molecule has 0 atom stereocenters. The first-order valence-corrected chi connectivity index (χ1v) is 6.80. The van der Waals surface area contributed by atoms with Crippen LogP contribution in [0, 0.1) is 11.6 Å². The summed E-state index contributed by atoms with van der Waals surface area (Å²) in [7, 11) is 0. The van der Waals surface area contributed by atoms with Crippen molar-refractivity contribution in [3.8, 4) is 11.1 Å². The average molecular weight is 294 g/mol. The highest BCUT2D eigenvalue weighted by Gasteiger charge is 2.16. The first-order chi connectivity index (χ1) is 10.6. The van der Waals surface area contributed by atoms with Crippen molar-refractivity contribution in [3.05, 3.63) is 95.6 Å². The fourth-order valence-corrected chi connectivity index (χ4v) is 2.33. The van der Waals surface area contributed by atoms with E-state index in [0.717, 1.165) is 5.56 Å². The van der Waals surface area contributed by atoms with Crippen LogP contribution < -0.4 is 0 Å². The predicted molar refractivity (Wildman–Crippen MR) is 81.7 cm³/mol. The van der Waals surface area contributed by atoms with Gasteiger partial charge in [-0.25, -0.2) is 8.78 Å². The third-order valence-corrected chi connectivity index (χ3v) is 3.42. The third kappa shape index (κ3) is 2.79. The van der Waals surface area contributed by atoms with Crippen molar-refractivity contribution in [1.82, 2.24) is 0 Å². The number of rotatable bonds is 3. The predicted octanol–water partition coefficient (Wildman–Crippen LogP) is 4.86. The van der Waals surface area contributed by atoms with E-state index < -0.39 is 11.6 Å². The average Bonchev–Trinajstić information content (AvgIpc) is 2.55. The quantitative estimate of drug-likeness (QED) is 0.630. The molecule has 0 saturated carbocycles. The van der Waals surface area contributed by atoms with Gasteiger partial charge in [-0.15, -0.1) is 0 Å². The Bertz CT molecular complexity index is 809. The zero-order chi connectivity index (χ0) is 15.5. The van der Waals surface area contributed by atoms with Gasteiger partial charge in [0.2, 0.25) is 0 Å². The van der Waals surface area contributed by atoms with Gasteiger partial charge < -0.3 is 0 Å². The summed E-state index contributed by atoms with van der Waals surface area (Å²) in [5, 5.41) is 0. The lowest BCUT2D eigenvalue weighted by atomic mass is 9.94. The van der Waals surface area contributed by atoms with E-state index in [1.807, 2.05) is 30.3 Å². The minimum Gasteiger partial charge on any atom is -0.289 e. The monoisotopic (exact) mass is 294 g/mol. The van der Waals surface area contributed by atoms with Crippen molar-refractivity contribution in [3.63, 3.8) is 0 Å². The molecule has 0 aromatic heterocycles. The summed E-state index contributed by atoms with van der Waals surface area (Å²) < 4.78 is 26.6. The summed E-state index contributed by atoms with van der Waals surface area (Å²) in [6, 6.07) is 18.6. The standard InChI is InChI=1S/C19H12F2O/c20-15-8-6-14(7-9-15)19(22)18-12-16(21)10-11-17(18)13-4-2-1-3-5-13/h1-12H. The molecule has 0 heterocycles. The lowest BCUT2D eigenvalue weighted by molar-refractivity contribution is 0.103. The van der Waals surface area contributed by atoms with E-state index in [0.29, 0.717) is 11.1 Å². The summed E-state index contributed by atoms with van der Waals surface area (Å²) in [4.78, 5) is 12.6. The van der Waals surface area contributed by atoms with Gasteiger partial charge in [-0.3, -0.25) is 4.79 Å². The maximum absolute atomic E-state index is 13.6. The second-order valence-electron chi connectivity index (χ2n) is 4.89. The van der Waals surface area contributed by atoms with E-state index in [-0.39, 0.29) is 11.3 Å². The Morgan fingerprint density at radius 2 is 1.36 bits per heavy atom. The van der Waals surface area contributed by atoms with Gasteiger partial charge in [0.15, 0.2) is 5.78 Å². The van der Waals surface area contributed by atoms with Crippen molar-refractivity contribution in [2.75, 3.05) is 0 Å². The zero-order valence-electron chi connectivity index (χ0n) is 11.6. The number of hydrogen-bond donors (Lipinski definition) is 0. The number of hydrogen-bond acceptors (Lipinski definition) is 1. The third-order valence-electron chi connectivity index (χ3n) is 3.42. The van der Waals surface area contributed by atoms with Gasteiger partial charge >= 0.3 is 0 Å². The molecule has 3 aromatic carbocycles. The number of benzene rings is 3. The second-order valence-corrected chi connectivity index (χ2v) is 4.89. The van der Waals surface area contributed by atoms with Crippen LogP contribution >= 0.6 is 0 Å². The highest BCUT2D eigenvalue weighted by atomic mass is 19.1. The first kappa shape index (κ1) is 14.1. The van der Waals surface area contributed by atoms with Crippen LogP contribution in [0.3, 0.4) is 0 Å². The van der Waals surface area contributed by atoms with E-state index >= 15 is 0 Å². The molecule has 0 aliphatic heterocycles. The topological polar surface area (TPSA) is 17.1 Å². The molecule has 0 aliphatic carbocycles. The molecular formula is C19H12F2O. The van der Waals surface area contributed by atoms with Gasteiger partial charge in [0.05, 0.1) is 0 Å². The van der Waals surface area contributed by atoms with Gasteiger partial charge in [-0.2, -0.15) is 0 Å². The zero-order valence-corrected chi connectivity index (χ0v) is 11.6. The molecule has 3 rings (SSSR count). The Hall–Kier alpha value is -2.81. The molecule has 0 spiro atoms. The minimum absolute atomic E-state index is 0.262. The van der Waals surface area contributed by atoms with Crippen LogP contribution in [-0.2, 0) is 0 Å². The number of carbonyl (C=O) groups is 1. The van der Waals surface area contributed by atoms with E-state index in [2.05, 4.69) is 0 Å². The van der Waals surface area contributed by atoms with Gasteiger partial charge in [0.25, 0.3) is 0 Å². The molecule has 0 bridgehead atoms. The van der Waals surface area contributed by atoms with Crippen molar-refractivity contribution in [2.45, 2.75) is 0 Å². The normalized spacial score (nSPS) is 10.5. The number of ketones is 1. The highest BCUT2D eigenvalue weighted by Crippen LogP contribution is 2.26. The van der Waals surface area contributed by atoms with E-state index in [4.69, 9.17) is 0 Å². The molecular weight excluding hydrogens is 282 g/mol. The maximum Gasteiger partial charge on any atom is 0.193 e. The smallest absolute Gasteiger partial charge is 0.193 e. The maximum atomic E-state index is 13.6. The molecule has 0 N–H and O–H groups in total. The van der Waals surface area contributed by atoms with Crippen LogP contribution in [0.5, 0.6) is 0 Å². The minimum atomic E-state index is -0.481. The second kappa shape index (κ2) is 5.90. The molecule has 1 nitrogen and oxygen atoms in total. The van der Waals surface area contributed by atoms with Gasteiger partial charge in [0.1, 0.15) is 11.6 Å². The number of halogens is 2. The van der Waals surface area contributed by atoms with Crippen LogP contribution in [-0.4, -0.2) is 5.78 Å². The molecule has 3 aromatic rings. The van der Waals surface area contributed by atoms with Gasteiger partial charge in [-0.1, -0.05) is 36.4 Å². The first-order valence-electron chi connectivity index (χ1n) is 6.80. The summed E-state index contributed by atoms with van der Waals surface area (Å²) in [6.45, 7) is 0. The largest absolute Gasteiger partial charge is 0.289 e. The Morgan fingerprint density at radius 1 is 0.727 bits per heavy atom. The molecule has 0 saturated heterocycles. The summed E-state index contributed by atoms with van der Waals surface area (Å²) in [5.74, 6) is -1.23. The summed E-state index contributed by atoms with van der Waals surface area (Å²) in [5.41, 5.74) is 2.06. The van der Waals surface area contributed by atoms with Crippen molar-refractivity contribution < 1.29 is 13.6 Å². The van der Waals surface area contributed by atoms with Gasteiger partial charge in [0, 0.05) is 11.1 Å². The fourth-order valence-electron chi connectivity index (χ4n) is 2.33. The van der Waals surface area contributed by atoms with Crippen molar-refractivity contribution in [1.29, 1.82) is 0 Å². The van der Waals surface area contributed by atoms with Crippen molar-refractivity contribution >= 4 is 5.78 Å². The Balaban J connectivity index is 2.11. The molecule has 3 heteroatoms. The molecule has 108 valence electrons. The van der Waals surface area contributed by atoms with Gasteiger partial charge in [-0.05, 0) is 47.5 Å². The van der Waals surface area contributed by atoms with Crippen LogP contribution in [0.1, 0.15) is 15.9 Å². The Labute approximate surface area is 126 Å². The summed E-state index contributed by atoms with van der Waals surface area (Å²) >= 11 is 0. The Morgan fingerprint density at radius 3 is 2.05 bits per heavy atom. The fraction of sp³-hybridized carbons (Fsp3) is 0. The van der Waals surface area contributed by atoms with Crippen LogP contribution in [0.15, 0.2) is 72.8 Å². The molecule has 0 fully saturated rings. The van der Waals surface area contributed by atoms with Crippen LogP contribution in [0.4, 0.5) is 8.78 Å². The molecule has 22 heavy (non-hydrogen) atoms. The van der Waals surface area contributed by atoms with E-state index in [1.54, 1.807) is 6.07 Å². The SMILES string of the molecule is O=C(c1ccc(F)cc1)c1cc(F)ccc1-c1ccccc1. The lowest BCUT2D eigenvalue weighted by Gasteiger charge is -2.09. The molecule has 0 amide bonds. The highest BCUT2D eigenvalue weighted by molar-refractivity contribution is 6.12. The summed E-state index contributed by atoms with van der Waals surface area (Å²) in [6.07, 6.45) is 0. The molecule has 0 unspecified atom stereocenters. The molecule has 0 aliphatic rings. The van der Waals surface area contributed by atoms with Crippen LogP contribution in [0.2, 0.25) is 0 Å². The number of carbonyl (C=O) groups excluding carboxylic acids is 1. The van der Waals surface area contributed by atoms with E-state index in [1.165, 1.54) is 36.4 Å². The molecule has 0 radical (unpaired) electrons. The van der Waals surface area contributed by atoms with Crippen molar-refractivity contribution in [2.24, 2.45) is 0 Å². The van der Waals surface area contributed by atoms with Crippen LogP contribution in [0.25, 0.3) is 11.1 Å². The lowest BCUT2D eigenvalue weighted by Crippen LogP contribution is -2.04.